The molecule has 5 heteroatoms. The smallest absolute Gasteiger partial charge is 0.306 e. The zero-order chi connectivity index (χ0) is 41.4. The lowest BCUT2D eigenvalue weighted by Gasteiger charge is -2.15. The van der Waals surface area contributed by atoms with Crippen molar-refractivity contribution in [3.05, 3.63) is 24.3 Å². The van der Waals surface area contributed by atoms with Crippen molar-refractivity contribution in [1.29, 1.82) is 0 Å². The first kappa shape index (κ1) is 55.4. The highest BCUT2D eigenvalue weighted by Crippen LogP contribution is 2.16. The molecule has 0 rings (SSSR count). The van der Waals surface area contributed by atoms with Crippen LogP contribution in [0.3, 0.4) is 0 Å². The Morgan fingerprint density at radius 1 is 0.386 bits per heavy atom. The van der Waals surface area contributed by atoms with Gasteiger partial charge in [-0.15, -0.1) is 0 Å². The number of esters is 2. The van der Waals surface area contributed by atoms with Crippen molar-refractivity contribution < 1.29 is 24.2 Å². The summed E-state index contributed by atoms with van der Waals surface area (Å²) in [4.78, 5) is 24.4. The number of aliphatic hydroxyl groups is 1. The van der Waals surface area contributed by atoms with Gasteiger partial charge in [0.05, 0.1) is 6.61 Å². The Labute approximate surface area is 355 Å². The van der Waals surface area contributed by atoms with E-state index in [4.69, 9.17) is 9.47 Å². The van der Waals surface area contributed by atoms with Gasteiger partial charge in [-0.2, -0.15) is 0 Å². The van der Waals surface area contributed by atoms with E-state index in [0.717, 1.165) is 38.5 Å². The molecule has 0 aliphatic carbocycles. The largest absolute Gasteiger partial charge is 0.462 e. The molecule has 0 fully saturated rings. The third-order valence-corrected chi connectivity index (χ3v) is 11.5. The van der Waals surface area contributed by atoms with Crippen molar-refractivity contribution >= 4 is 11.9 Å². The zero-order valence-electron chi connectivity index (χ0n) is 38.4. The maximum Gasteiger partial charge on any atom is 0.306 e. The Kier molecular flexibility index (Phi) is 47.4. The van der Waals surface area contributed by atoms with Gasteiger partial charge in [0.25, 0.3) is 0 Å². The quantitative estimate of drug-likeness (QED) is 0.0377. The highest BCUT2D eigenvalue weighted by atomic mass is 16.6. The van der Waals surface area contributed by atoms with Gasteiger partial charge in [0.15, 0.2) is 6.10 Å². The van der Waals surface area contributed by atoms with Gasteiger partial charge in [0.2, 0.25) is 0 Å². The summed E-state index contributed by atoms with van der Waals surface area (Å²) in [6, 6.07) is 0. The molecule has 0 radical (unpaired) electrons. The van der Waals surface area contributed by atoms with Gasteiger partial charge in [0.1, 0.15) is 6.61 Å². The normalized spacial score (nSPS) is 12.3. The van der Waals surface area contributed by atoms with Gasteiger partial charge >= 0.3 is 11.9 Å². The maximum atomic E-state index is 12.2. The van der Waals surface area contributed by atoms with Crippen molar-refractivity contribution in [2.45, 2.75) is 283 Å². The summed E-state index contributed by atoms with van der Waals surface area (Å²) in [6.45, 7) is 4.15. The first-order valence-electron chi connectivity index (χ1n) is 25.4. The molecule has 0 aromatic rings. The third kappa shape index (κ3) is 46.9. The first-order valence-corrected chi connectivity index (χ1v) is 25.4. The lowest BCUT2D eigenvalue weighted by molar-refractivity contribution is -0.161. The number of rotatable bonds is 47. The van der Waals surface area contributed by atoms with Crippen LogP contribution in [-0.2, 0) is 19.1 Å². The van der Waals surface area contributed by atoms with E-state index in [-0.39, 0.29) is 25.2 Å². The second kappa shape index (κ2) is 48.7. The Morgan fingerprint density at radius 2 is 0.684 bits per heavy atom. The van der Waals surface area contributed by atoms with Gasteiger partial charge in [-0.25, -0.2) is 0 Å². The molecule has 0 aromatic carbocycles. The first-order chi connectivity index (χ1) is 28.1. The Balaban J connectivity index is 3.51. The van der Waals surface area contributed by atoms with Gasteiger partial charge in [-0.05, 0) is 44.9 Å². The van der Waals surface area contributed by atoms with Crippen LogP contribution in [0.25, 0.3) is 0 Å². The molecule has 0 unspecified atom stereocenters. The fourth-order valence-electron chi connectivity index (χ4n) is 7.64. The van der Waals surface area contributed by atoms with Crippen molar-refractivity contribution in [2.24, 2.45) is 0 Å². The van der Waals surface area contributed by atoms with Gasteiger partial charge in [-0.3, -0.25) is 9.59 Å². The van der Waals surface area contributed by atoms with E-state index < -0.39 is 6.10 Å². The molecule has 0 aliphatic heterocycles. The third-order valence-electron chi connectivity index (χ3n) is 11.5. The molecule has 0 saturated heterocycles. The molecule has 336 valence electrons. The minimum absolute atomic E-state index is 0.0763. The SMILES string of the molecule is CCCCCCCCCCCCCCCC/C=C/CC/C=C/CCCC(=O)O[C@@H](CO)COC(=O)CCCCCCCCCCCCCCCCCCCCCC. The Bertz CT molecular complexity index is 867. The highest BCUT2D eigenvalue weighted by Gasteiger charge is 2.16. The Hall–Kier alpha value is -1.62. The van der Waals surface area contributed by atoms with Crippen molar-refractivity contribution in [2.75, 3.05) is 13.2 Å². The van der Waals surface area contributed by atoms with Crippen LogP contribution in [0.5, 0.6) is 0 Å². The van der Waals surface area contributed by atoms with E-state index in [1.165, 1.54) is 205 Å². The molecule has 0 aromatic heterocycles. The summed E-state index contributed by atoms with van der Waals surface area (Å²) in [7, 11) is 0. The van der Waals surface area contributed by atoms with Crippen LogP contribution in [0, 0.1) is 0 Å². The molecule has 5 nitrogen and oxygen atoms in total. The van der Waals surface area contributed by atoms with Gasteiger partial charge in [-0.1, -0.05) is 244 Å². The van der Waals surface area contributed by atoms with E-state index in [1.807, 2.05) is 0 Å². The average molecular weight is 803 g/mol. The number of hydrogen-bond acceptors (Lipinski definition) is 5. The van der Waals surface area contributed by atoms with Crippen molar-refractivity contribution in [3.8, 4) is 0 Å². The minimum Gasteiger partial charge on any atom is -0.462 e. The summed E-state index contributed by atoms with van der Waals surface area (Å²) in [5.74, 6) is -0.624. The lowest BCUT2D eigenvalue weighted by atomic mass is 10.0. The van der Waals surface area contributed by atoms with Crippen molar-refractivity contribution in [3.63, 3.8) is 0 Å². The molecule has 0 spiro atoms. The number of ether oxygens (including phenoxy) is 2. The second-order valence-electron chi connectivity index (χ2n) is 17.2. The van der Waals surface area contributed by atoms with E-state index in [9.17, 15) is 14.7 Å². The summed E-state index contributed by atoms with van der Waals surface area (Å²) in [5, 5.41) is 9.61. The predicted octanol–water partition coefficient (Wildman–Crippen LogP) is 16.6. The molecule has 0 saturated carbocycles. The standard InChI is InChI=1S/C52H98O5/c1-3-5-7-9-11-13-15-17-19-21-23-25-26-27-29-31-33-35-37-39-41-43-45-47-52(55)57-50(48-53)49-56-51(54)46-44-42-40-38-36-34-32-30-28-24-22-20-18-16-14-12-10-8-6-4-2/h31,33,39,41,50,53H,3-30,32,34-38,40,42-49H2,1-2H3/b33-31+,41-39+/t50-/m0/s1. The highest BCUT2D eigenvalue weighted by molar-refractivity contribution is 5.70. The van der Waals surface area contributed by atoms with Crippen LogP contribution in [0.15, 0.2) is 24.3 Å². The second-order valence-corrected chi connectivity index (χ2v) is 17.2. The van der Waals surface area contributed by atoms with E-state index >= 15 is 0 Å². The molecule has 0 aliphatic rings. The molecule has 0 bridgehead atoms. The van der Waals surface area contributed by atoms with Crippen LogP contribution in [-0.4, -0.2) is 36.4 Å². The predicted molar refractivity (Wildman–Crippen MR) is 247 cm³/mol. The van der Waals surface area contributed by atoms with E-state index in [0.29, 0.717) is 19.3 Å². The summed E-state index contributed by atoms with van der Waals surface area (Å²) in [6.07, 6.45) is 60.0. The fourth-order valence-corrected chi connectivity index (χ4v) is 7.64. The topological polar surface area (TPSA) is 72.8 Å². The van der Waals surface area contributed by atoms with Gasteiger partial charge < -0.3 is 14.6 Å². The number of unbranched alkanes of at least 4 members (excludes halogenated alkanes) is 35. The monoisotopic (exact) mass is 803 g/mol. The van der Waals surface area contributed by atoms with Crippen LogP contribution in [0.4, 0.5) is 0 Å². The fraction of sp³-hybridized carbons (Fsp3) is 0.885. The van der Waals surface area contributed by atoms with Crippen LogP contribution >= 0.6 is 0 Å². The minimum atomic E-state index is -0.789. The molecule has 1 N–H and O–H groups in total. The molecular formula is C52H98O5. The van der Waals surface area contributed by atoms with E-state index in [2.05, 4.69) is 38.2 Å². The number of allylic oxidation sites excluding steroid dienone is 4. The molecule has 1 atom stereocenters. The van der Waals surface area contributed by atoms with Crippen LogP contribution < -0.4 is 0 Å². The average Bonchev–Trinajstić information content (AvgIpc) is 3.21. The molecular weight excluding hydrogens is 705 g/mol. The number of aliphatic hydroxyl groups excluding tert-OH is 1. The molecule has 0 heterocycles. The Morgan fingerprint density at radius 3 is 1.05 bits per heavy atom. The zero-order valence-corrected chi connectivity index (χ0v) is 38.4. The number of carbonyl (C=O) groups excluding carboxylic acids is 2. The number of carbonyl (C=O) groups is 2. The maximum absolute atomic E-state index is 12.2. The molecule has 57 heavy (non-hydrogen) atoms. The number of hydrogen-bond donors (Lipinski definition) is 1. The van der Waals surface area contributed by atoms with Crippen LogP contribution in [0.2, 0.25) is 0 Å². The lowest BCUT2D eigenvalue weighted by Crippen LogP contribution is -2.28. The van der Waals surface area contributed by atoms with Crippen LogP contribution in [0.1, 0.15) is 277 Å². The summed E-state index contributed by atoms with van der Waals surface area (Å²) < 4.78 is 10.6. The van der Waals surface area contributed by atoms with Crippen molar-refractivity contribution in [1.82, 2.24) is 0 Å². The van der Waals surface area contributed by atoms with Gasteiger partial charge in [0, 0.05) is 12.8 Å². The molecule has 0 amide bonds. The van der Waals surface area contributed by atoms with E-state index in [1.54, 1.807) is 0 Å². The summed E-state index contributed by atoms with van der Waals surface area (Å²) in [5.41, 5.74) is 0. The summed E-state index contributed by atoms with van der Waals surface area (Å²) >= 11 is 0.